The van der Waals surface area contributed by atoms with Crippen LogP contribution in [0.15, 0.2) is 0 Å². The van der Waals surface area contributed by atoms with Crippen LogP contribution in [0.5, 0.6) is 0 Å². The maximum Gasteiger partial charge on any atom is 0.305 e. The zero-order valence-corrected chi connectivity index (χ0v) is 20.3. The highest BCUT2D eigenvalue weighted by Gasteiger charge is 2.67. The van der Waals surface area contributed by atoms with Crippen molar-refractivity contribution in [2.24, 2.45) is 29.1 Å². The Bertz CT molecular complexity index is 795. The van der Waals surface area contributed by atoms with Gasteiger partial charge in [-0.2, -0.15) is 0 Å². The highest BCUT2D eigenvalue weighted by molar-refractivity contribution is 5.67. The van der Waals surface area contributed by atoms with Gasteiger partial charge in [-0.1, -0.05) is 13.8 Å². The fourth-order valence-electron chi connectivity index (χ4n) is 7.87. The first kappa shape index (κ1) is 23.5. The normalized spacial score (nSPS) is 47.4. The molecule has 2 heterocycles. The molecule has 9 atom stereocenters. The van der Waals surface area contributed by atoms with Gasteiger partial charge in [-0.15, -0.1) is 0 Å². The summed E-state index contributed by atoms with van der Waals surface area (Å²) in [7, 11) is 0. The van der Waals surface area contributed by atoms with Gasteiger partial charge in [0, 0.05) is 32.1 Å². The Balaban J connectivity index is 1.74. The third-order valence-corrected chi connectivity index (χ3v) is 9.14. The zero-order valence-electron chi connectivity index (χ0n) is 20.3. The molecular formula is C25H38O7. The van der Waals surface area contributed by atoms with Crippen LogP contribution in [0, 0.1) is 29.1 Å². The summed E-state index contributed by atoms with van der Waals surface area (Å²) >= 11 is 0. The average molecular weight is 451 g/mol. The Morgan fingerprint density at radius 3 is 2.16 bits per heavy atom. The summed E-state index contributed by atoms with van der Waals surface area (Å²) in [5, 5.41) is 0. The number of carbonyl (C=O) groups is 3. The third-order valence-electron chi connectivity index (χ3n) is 9.14. The van der Waals surface area contributed by atoms with Crippen LogP contribution in [0.1, 0.15) is 86.5 Å². The molecule has 0 radical (unpaired) electrons. The standard InChI is InChI=1S/C25H38O7/c1-14-22-19-7-8-21(30-16(3)27)23(19,5)11-10-20(22)24(6)12-9-18(29-15(2)26)13-25(14,32-24)31-17(4)28/h14,18-22H,7-13H2,1-6H3/t14-,18+,19+,20+,21+,22-,23-,24+,25+/m1/s1. The Hall–Kier alpha value is -1.63. The summed E-state index contributed by atoms with van der Waals surface area (Å²) in [6.07, 6.45) is 5.18. The predicted octanol–water partition coefficient (Wildman–Crippen LogP) is 4.16. The van der Waals surface area contributed by atoms with E-state index in [1.807, 2.05) is 0 Å². The number of fused-ring (bicyclic) bond motifs is 6. The van der Waals surface area contributed by atoms with Gasteiger partial charge in [0.05, 0.1) is 12.0 Å². The predicted molar refractivity (Wildman–Crippen MR) is 115 cm³/mol. The fourth-order valence-corrected chi connectivity index (χ4v) is 7.87. The summed E-state index contributed by atoms with van der Waals surface area (Å²) < 4.78 is 24.2. The largest absolute Gasteiger partial charge is 0.462 e. The van der Waals surface area contributed by atoms with E-state index in [1.165, 1.54) is 20.8 Å². The van der Waals surface area contributed by atoms with Gasteiger partial charge in [-0.3, -0.25) is 14.4 Å². The number of hydrogen-bond acceptors (Lipinski definition) is 7. The monoisotopic (exact) mass is 450 g/mol. The maximum absolute atomic E-state index is 12.3. The van der Waals surface area contributed by atoms with Gasteiger partial charge in [0.1, 0.15) is 12.2 Å². The Labute approximate surface area is 190 Å². The Kier molecular flexibility index (Phi) is 5.88. The Morgan fingerprint density at radius 2 is 1.53 bits per heavy atom. The van der Waals surface area contributed by atoms with Crippen LogP contribution in [0.25, 0.3) is 0 Å². The van der Waals surface area contributed by atoms with Crippen LogP contribution < -0.4 is 0 Å². The van der Waals surface area contributed by atoms with Crippen molar-refractivity contribution in [3.63, 3.8) is 0 Å². The molecule has 4 fully saturated rings. The van der Waals surface area contributed by atoms with Crippen molar-refractivity contribution in [2.45, 2.75) is 110 Å². The van der Waals surface area contributed by atoms with Gasteiger partial charge in [0.2, 0.25) is 5.79 Å². The molecule has 0 N–H and O–H groups in total. The summed E-state index contributed by atoms with van der Waals surface area (Å²) in [6, 6.07) is 0. The topological polar surface area (TPSA) is 88.1 Å². The van der Waals surface area contributed by atoms with E-state index >= 15 is 0 Å². The molecule has 4 rings (SSSR count). The highest BCUT2D eigenvalue weighted by atomic mass is 16.7. The van der Waals surface area contributed by atoms with Gasteiger partial charge in [0.25, 0.3) is 0 Å². The molecule has 0 unspecified atom stereocenters. The molecule has 2 saturated carbocycles. The minimum Gasteiger partial charge on any atom is -0.462 e. The first-order valence-electron chi connectivity index (χ1n) is 12.1. The molecule has 32 heavy (non-hydrogen) atoms. The van der Waals surface area contributed by atoms with E-state index in [2.05, 4.69) is 20.8 Å². The lowest BCUT2D eigenvalue weighted by Gasteiger charge is -2.62. The van der Waals surface area contributed by atoms with E-state index in [-0.39, 0.29) is 47.4 Å². The molecule has 2 saturated heterocycles. The van der Waals surface area contributed by atoms with Crippen molar-refractivity contribution in [1.82, 2.24) is 0 Å². The molecule has 0 aromatic carbocycles. The van der Waals surface area contributed by atoms with Gasteiger partial charge in [-0.05, 0) is 63.2 Å². The summed E-state index contributed by atoms with van der Waals surface area (Å²) in [6.45, 7) is 10.9. The zero-order chi connectivity index (χ0) is 23.5. The molecule has 7 heteroatoms. The number of carbonyl (C=O) groups excluding carboxylic acids is 3. The molecule has 4 aliphatic rings. The first-order chi connectivity index (χ1) is 14.9. The highest BCUT2D eigenvalue weighted by Crippen LogP contribution is 2.66. The summed E-state index contributed by atoms with van der Waals surface area (Å²) in [5.41, 5.74) is -0.562. The van der Waals surface area contributed by atoms with Crippen LogP contribution in [-0.2, 0) is 33.3 Å². The van der Waals surface area contributed by atoms with E-state index in [4.69, 9.17) is 18.9 Å². The smallest absolute Gasteiger partial charge is 0.305 e. The molecule has 180 valence electrons. The number of ether oxygens (including phenoxy) is 4. The SMILES string of the molecule is CC(=O)O[C@H]1CC[C@]2(C)O[C@@](OC(C)=O)(C1)[C@H](C)[C@@H]1[C@@H]3CC[C@H](OC(C)=O)[C@]3(C)CC[C@@H]12. The fraction of sp³-hybridized carbons (Fsp3) is 0.880. The van der Waals surface area contributed by atoms with E-state index in [0.29, 0.717) is 24.7 Å². The van der Waals surface area contributed by atoms with Gasteiger partial charge < -0.3 is 18.9 Å². The molecule has 2 bridgehead atoms. The lowest BCUT2D eigenvalue weighted by molar-refractivity contribution is -0.358. The van der Waals surface area contributed by atoms with Crippen LogP contribution in [0.2, 0.25) is 0 Å². The molecule has 7 nitrogen and oxygen atoms in total. The molecule has 0 aromatic heterocycles. The number of rotatable bonds is 3. The van der Waals surface area contributed by atoms with Crippen molar-refractivity contribution >= 4 is 17.9 Å². The van der Waals surface area contributed by atoms with E-state index in [9.17, 15) is 14.4 Å². The molecular weight excluding hydrogens is 412 g/mol. The second-order valence-corrected chi connectivity index (χ2v) is 11.1. The Morgan fingerprint density at radius 1 is 0.844 bits per heavy atom. The third kappa shape index (κ3) is 3.74. The van der Waals surface area contributed by atoms with E-state index < -0.39 is 11.4 Å². The lowest BCUT2D eigenvalue weighted by Crippen LogP contribution is -2.65. The van der Waals surface area contributed by atoms with Crippen LogP contribution in [0.4, 0.5) is 0 Å². The average Bonchev–Trinajstić information content (AvgIpc) is 2.92. The molecule has 0 amide bonds. The van der Waals surface area contributed by atoms with Crippen molar-refractivity contribution in [2.75, 3.05) is 0 Å². The van der Waals surface area contributed by atoms with Crippen LogP contribution >= 0.6 is 0 Å². The molecule has 2 aliphatic heterocycles. The van der Waals surface area contributed by atoms with Crippen molar-refractivity contribution < 1.29 is 33.3 Å². The van der Waals surface area contributed by atoms with Gasteiger partial charge >= 0.3 is 17.9 Å². The van der Waals surface area contributed by atoms with Crippen molar-refractivity contribution in [1.29, 1.82) is 0 Å². The van der Waals surface area contributed by atoms with Crippen molar-refractivity contribution in [3.05, 3.63) is 0 Å². The quantitative estimate of drug-likeness (QED) is 0.471. The van der Waals surface area contributed by atoms with Crippen LogP contribution in [0.3, 0.4) is 0 Å². The summed E-state index contributed by atoms with van der Waals surface area (Å²) in [4.78, 5) is 35.8. The second-order valence-electron chi connectivity index (χ2n) is 11.1. The molecule has 2 aliphatic carbocycles. The second kappa shape index (κ2) is 8.00. The van der Waals surface area contributed by atoms with Gasteiger partial charge in [0.15, 0.2) is 0 Å². The van der Waals surface area contributed by atoms with E-state index in [1.54, 1.807) is 0 Å². The minimum atomic E-state index is -1.13. The number of hydrogen-bond donors (Lipinski definition) is 0. The maximum atomic E-state index is 12.3. The first-order valence-corrected chi connectivity index (χ1v) is 12.1. The molecule has 0 spiro atoms. The van der Waals surface area contributed by atoms with Gasteiger partial charge in [-0.25, -0.2) is 0 Å². The summed E-state index contributed by atoms with van der Waals surface area (Å²) in [5.74, 6) is -1.20. The van der Waals surface area contributed by atoms with Crippen molar-refractivity contribution in [3.8, 4) is 0 Å². The van der Waals surface area contributed by atoms with Crippen LogP contribution in [-0.4, -0.2) is 41.5 Å². The molecule has 0 aromatic rings. The lowest BCUT2D eigenvalue weighted by atomic mass is 9.51. The van der Waals surface area contributed by atoms with E-state index in [0.717, 1.165) is 32.1 Å². The number of esters is 3. The minimum absolute atomic E-state index is 0.0682.